The predicted octanol–water partition coefficient (Wildman–Crippen LogP) is 0.624. The zero-order chi connectivity index (χ0) is 25.4. The summed E-state index contributed by atoms with van der Waals surface area (Å²) in [5, 5.41) is 40.4. The number of aryl methyl sites for hydroxylation is 1. The third-order valence-corrected chi connectivity index (χ3v) is 7.14. The number of fused-ring (bicyclic) bond motifs is 1. The normalized spacial score (nSPS) is 28.8. The van der Waals surface area contributed by atoms with Crippen LogP contribution >= 0.6 is 0 Å². The second kappa shape index (κ2) is 10.2. The molecule has 4 atom stereocenters. The summed E-state index contributed by atoms with van der Waals surface area (Å²) in [5.41, 5.74) is 7.12. The van der Waals surface area contributed by atoms with E-state index in [1.165, 1.54) is 4.80 Å². The van der Waals surface area contributed by atoms with Crippen molar-refractivity contribution in [3.63, 3.8) is 0 Å². The van der Waals surface area contributed by atoms with Crippen molar-refractivity contribution < 1.29 is 14.9 Å². The molecule has 0 radical (unpaired) electrons. The van der Waals surface area contributed by atoms with Gasteiger partial charge in [0.15, 0.2) is 29.3 Å². The van der Waals surface area contributed by atoms with E-state index in [4.69, 9.17) is 20.4 Å². The van der Waals surface area contributed by atoms with Crippen molar-refractivity contribution in [3.8, 4) is 0 Å². The van der Waals surface area contributed by atoms with Gasteiger partial charge in [0.2, 0.25) is 11.8 Å². The minimum absolute atomic E-state index is 0.194. The molecule has 14 heteroatoms. The SMILES string of the molecule is CCC(CC)Nc1nc(NC2CCC(N)CC2)nc2c1ncn2[C@@H]1O[C@H](c2nnn(C)n2)[C@@H](O)[C@H]1O. The molecule has 196 valence electrons. The third-order valence-electron chi connectivity index (χ3n) is 7.14. The molecule has 0 aromatic carbocycles. The lowest BCUT2D eigenvalue weighted by Crippen LogP contribution is -2.33. The van der Waals surface area contributed by atoms with Gasteiger partial charge in [0.1, 0.15) is 12.2 Å². The molecular formula is C22H35N11O3. The minimum atomic E-state index is -1.25. The van der Waals surface area contributed by atoms with E-state index in [0.717, 1.165) is 38.5 Å². The Morgan fingerprint density at radius 3 is 2.56 bits per heavy atom. The molecule has 1 aliphatic carbocycles. The van der Waals surface area contributed by atoms with Crippen LogP contribution in [0.1, 0.15) is 70.5 Å². The van der Waals surface area contributed by atoms with Gasteiger partial charge in [0, 0.05) is 18.1 Å². The zero-order valence-electron chi connectivity index (χ0n) is 20.8. The first-order chi connectivity index (χ1) is 17.4. The highest BCUT2D eigenvalue weighted by molar-refractivity contribution is 5.84. The molecule has 1 saturated carbocycles. The maximum absolute atomic E-state index is 10.9. The summed E-state index contributed by atoms with van der Waals surface area (Å²) in [6.45, 7) is 4.24. The minimum Gasteiger partial charge on any atom is -0.387 e. The number of anilines is 2. The van der Waals surface area contributed by atoms with Crippen molar-refractivity contribution in [1.29, 1.82) is 0 Å². The Bertz CT molecular complexity index is 1170. The fourth-order valence-electron chi connectivity index (χ4n) is 4.92. The lowest BCUT2D eigenvalue weighted by atomic mass is 9.92. The number of hydrogen-bond donors (Lipinski definition) is 5. The van der Waals surface area contributed by atoms with Crippen molar-refractivity contribution >= 4 is 22.9 Å². The molecule has 36 heavy (non-hydrogen) atoms. The van der Waals surface area contributed by atoms with Crippen LogP contribution in [0, 0.1) is 0 Å². The van der Waals surface area contributed by atoms with Crippen molar-refractivity contribution in [3.05, 3.63) is 12.2 Å². The Balaban J connectivity index is 1.49. The number of aliphatic hydroxyl groups is 2. The van der Waals surface area contributed by atoms with Gasteiger partial charge in [-0.1, -0.05) is 13.8 Å². The number of ether oxygens (including phenoxy) is 1. The second-order valence-electron chi connectivity index (χ2n) is 9.70. The lowest BCUT2D eigenvalue weighted by molar-refractivity contribution is -0.0384. The summed E-state index contributed by atoms with van der Waals surface area (Å²) < 4.78 is 7.66. The molecule has 3 aromatic rings. The zero-order valence-corrected chi connectivity index (χ0v) is 20.8. The van der Waals surface area contributed by atoms with Crippen molar-refractivity contribution in [2.45, 2.75) is 95.0 Å². The van der Waals surface area contributed by atoms with Crippen LogP contribution in [0.5, 0.6) is 0 Å². The van der Waals surface area contributed by atoms with Gasteiger partial charge in [-0.05, 0) is 43.7 Å². The predicted molar refractivity (Wildman–Crippen MR) is 131 cm³/mol. The first kappa shape index (κ1) is 24.7. The lowest BCUT2D eigenvalue weighted by Gasteiger charge is -2.27. The number of aliphatic hydroxyl groups excluding tert-OH is 2. The number of imidazole rings is 1. The molecule has 0 bridgehead atoms. The molecule has 14 nitrogen and oxygen atoms in total. The van der Waals surface area contributed by atoms with Crippen LogP contribution in [-0.2, 0) is 11.8 Å². The molecule has 0 amide bonds. The van der Waals surface area contributed by atoms with Crippen LogP contribution in [0.25, 0.3) is 11.2 Å². The molecule has 5 rings (SSSR count). The van der Waals surface area contributed by atoms with Gasteiger partial charge < -0.3 is 31.3 Å². The average Bonchev–Trinajstić information content (AvgIpc) is 3.57. The molecule has 4 heterocycles. The van der Waals surface area contributed by atoms with Crippen molar-refractivity contribution in [1.82, 2.24) is 39.7 Å². The first-order valence-corrected chi connectivity index (χ1v) is 12.7. The second-order valence-corrected chi connectivity index (χ2v) is 9.70. The van der Waals surface area contributed by atoms with Crippen LogP contribution in [0.3, 0.4) is 0 Å². The molecule has 1 saturated heterocycles. The maximum atomic E-state index is 10.9. The summed E-state index contributed by atoms with van der Waals surface area (Å²) in [6.07, 6.45) is 2.81. The van der Waals surface area contributed by atoms with E-state index in [-0.39, 0.29) is 23.9 Å². The van der Waals surface area contributed by atoms with E-state index in [2.05, 4.69) is 44.9 Å². The summed E-state index contributed by atoms with van der Waals surface area (Å²) in [6, 6.07) is 0.682. The fraction of sp³-hybridized carbons (Fsp3) is 0.727. The average molecular weight is 502 g/mol. The molecule has 0 spiro atoms. The molecule has 6 N–H and O–H groups in total. The van der Waals surface area contributed by atoms with Gasteiger partial charge in [-0.25, -0.2) is 4.98 Å². The summed E-state index contributed by atoms with van der Waals surface area (Å²) in [4.78, 5) is 15.4. The Morgan fingerprint density at radius 2 is 1.89 bits per heavy atom. The van der Waals surface area contributed by atoms with Crippen LogP contribution in [0.15, 0.2) is 6.33 Å². The summed E-state index contributed by atoms with van der Waals surface area (Å²) >= 11 is 0. The van der Waals surface area contributed by atoms with Crippen LogP contribution in [-0.4, -0.2) is 80.3 Å². The standard InChI is InChI=1S/C22H35N11O3/c1-4-12(5-2)25-18-14-20(28-22(27-18)26-13-8-6-11(23)7-9-13)33(10-24-14)21-16(35)15(34)17(36-21)19-29-31-32(3)30-19/h10-13,15-17,21,34-35H,4-9,23H2,1-3H3,(H2,25,26,27,28)/t11?,13?,15-,16+,17-,21+/m0/s1. The highest BCUT2D eigenvalue weighted by Gasteiger charge is 2.47. The van der Waals surface area contributed by atoms with Crippen LogP contribution in [0.4, 0.5) is 11.8 Å². The van der Waals surface area contributed by atoms with Crippen molar-refractivity contribution in [2.24, 2.45) is 12.8 Å². The molecule has 2 fully saturated rings. The Morgan fingerprint density at radius 1 is 1.14 bits per heavy atom. The monoisotopic (exact) mass is 501 g/mol. The van der Waals surface area contributed by atoms with Crippen LogP contribution in [0.2, 0.25) is 0 Å². The van der Waals surface area contributed by atoms with Gasteiger partial charge in [-0.3, -0.25) is 4.57 Å². The summed E-state index contributed by atoms with van der Waals surface area (Å²) in [7, 11) is 1.62. The van der Waals surface area contributed by atoms with E-state index in [0.29, 0.717) is 22.9 Å². The number of nitrogens with zero attached hydrogens (tertiary/aromatic N) is 8. The van der Waals surface area contributed by atoms with E-state index in [1.807, 2.05) is 0 Å². The number of hydrogen-bond acceptors (Lipinski definition) is 12. The highest BCUT2D eigenvalue weighted by atomic mass is 16.6. The van der Waals surface area contributed by atoms with E-state index < -0.39 is 24.5 Å². The molecule has 0 unspecified atom stereocenters. The summed E-state index contributed by atoms with van der Waals surface area (Å²) in [5.74, 6) is 1.28. The smallest absolute Gasteiger partial charge is 0.227 e. The number of nitrogens with two attached hydrogens (primary N) is 1. The fourth-order valence-corrected chi connectivity index (χ4v) is 4.92. The van der Waals surface area contributed by atoms with Gasteiger partial charge in [-0.15, -0.1) is 10.2 Å². The molecule has 2 aliphatic rings. The van der Waals surface area contributed by atoms with E-state index in [1.54, 1.807) is 17.9 Å². The number of rotatable bonds is 8. The molecule has 1 aliphatic heterocycles. The number of tetrazole rings is 1. The van der Waals surface area contributed by atoms with Gasteiger partial charge in [0.05, 0.1) is 13.4 Å². The Labute approximate surface area is 208 Å². The van der Waals surface area contributed by atoms with Gasteiger partial charge in [0.25, 0.3) is 0 Å². The topological polar surface area (TPSA) is 187 Å². The van der Waals surface area contributed by atoms with Gasteiger partial charge >= 0.3 is 0 Å². The van der Waals surface area contributed by atoms with Gasteiger partial charge in [-0.2, -0.15) is 14.8 Å². The van der Waals surface area contributed by atoms with Crippen molar-refractivity contribution in [2.75, 3.05) is 10.6 Å². The number of aromatic nitrogens is 8. The molecule has 3 aromatic heterocycles. The van der Waals surface area contributed by atoms with Crippen LogP contribution < -0.4 is 16.4 Å². The van der Waals surface area contributed by atoms with E-state index >= 15 is 0 Å². The third kappa shape index (κ3) is 4.73. The Kier molecular flexibility index (Phi) is 7.01. The Hall–Kier alpha value is -2.94. The van der Waals surface area contributed by atoms with E-state index in [9.17, 15) is 10.2 Å². The quantitative estimate of drug-likeness (QED) is 0.290. The molecular weight excluding hydrogens is 466 g/mol. The first-order valence-electron chi connectivity index (χ1n) is 12.7. The largest absolute Gasteiger partial charge is 0.387 e. The highest BCUT2D eigenvalue weighted by Crippen LogP contribution is 2.39. The number of nitrogens with one attached hydrogen (secondary N) is 2. The maximum Gasteiger partial charge on any atom is 0.227 e.